The van der Waals surface area contributed by atoms with Crippen molar-refractivity contribution in [3.8, 4) is 0 Å². The maximum absolute atomic E-state index is 4.38. The average molecular weight is 199 g/mol. The van der Waals surface area contributed by atoms with Crippen LogP contribution in [0.25, 0.3) is 0 Å². The van der Waals surface area contributed by atoms with Gasteiger partial charge in [-0.2, -0.15) is 0 Å². The van der Waals surface area contributed by atoms with Gasteiger partial charge < -0.3 is 0 Å². The molecule has 0 aromatic carbocycles. The second-order valence-electron chi connectivity index (χ2n) is 2.81. The Labute approximate surface area is 92.2 Å². The van der Waals surface area contributed by atoms with Crippen LogP contribution in [0.4, 0.5) is 0 Å². The van der Waals surface area contributed by atoms with E-state index in [0.717, 1.165) is 17.0 Å². The van der Waals surface area contributed by atoms with Crippen LogP contribution >= 0.6 is 0 Å². The zero-order chi connectivity index (χ0) is 11.7. The van der Waals surface area contributed by atoms with Gasteiger partial charge in [0.25, 0.3) is 0 Å². The van der Waals surface area contributed by atoms with E-state index >= 15 is 0 Å². The van der Waals surface area contributed by atoms with Gasteiger partial charge in [-0.3, -0.25) is 4.99 Å². The molecule has 0 N–H and O–H groups in total. The molecular formula is C14H17N. The van der Waals surface area contributed by atoms with Crippen molar-refractivity contribution < 1.29 is 0 Å². The van der Waals surface area contributed by atoms with E-state index in [9.17, 15) is 0 Å². The van der Waals surface area contributed by atoms with Crippen LogP contribution in [0.5, 0.6) is 0 Å². The fraction of sp³-hybridized carbons (Fsp3) is 0.0714. The normalized spacial score (nSPS) is 13.3. The Balaban J connectivity index is 5.31. The quantitative estimate of drug-likeness (QED) is 0.453. The van der Waals surface area contributed by atoms with E-state index in [1.165, 1.54) is 0 Å². The molecule has 0 atom stereocenters. The summed E-state index contributed by atoms with van der Waals surface area (Å²) >= 11 is 0. The first-order chi connectivity index (χ1) is 7.19. The summed E-state index contributed by atoms with van der Waals surface area (Å²) in [5.41, 5.74) is 2.56. The third-order valence-electron chi connectivity index (χ3n) is 1.68. The van der Waals surface area contributed by atoms with E-state index in [1.807, 2.05) is 19.1 Å². The fourth-order valence-corrected chi connectivity index (χ4v) is 0.930. The summed E-state index contributed by atoms with van der Waals surface area (Å²) in [6.07, 6.45) is 10.5. The molecule has 0 aromatic heterocycles. The van der Waals surface area contributed by atoms with Gasteiger partial charge in [-0.05, 0) is 24.6 Å². The minimum atomic E-state index is 0.803. The summed E-state index contributed by atoms with van der Waals surface area (Å²) in [5.74, 6) is 0. The number of allylic oxidation sites excluding steroid dienone is 6. The van der Waals surface area contributed by atoms with Gasteiger partial charge in [0.05, 0.1) is 5.70 Å². The highest BCUT2D eigenvalue weighted by Crippen LogP contribution is 2.13. The lowest BCUT2D eigenvalue weighted by atomic mass is 10.1. The second kappa shape index (κ2) is 7.51. The van der Waals surface area contributed by atoms with Gasteiger partial charge in [0.2, 0.25) is 0 Å². The van der Waals surface area contributed by atoms with E-state index in [1.54, 1.807) is 24.3 Å². The van der Waals surface area contributed by atoms with Crippen LogP contribution in [0.2, 0.25) is 0 Å². The zero-order valence-corrected chi connectivity index (χ0v) is 9.24. The number of nitrogens with zero attached hydrogens (tertiary/aromatic N) is 1. The maximum atomic E-state index is 4.38. The monoisotopic (exact) mass is 199 g/mol. The number of hydrogen-bond donors (Lipinski definition) is 0. The van der Waals surface area contributed by atoms with E-state index < -0.39 is 0 Å². The molecule has 0 saturated carbocycles. The lowest BCUT2D eigenvalue weighted by Gasteiger charge is -2.02. The van der Waals surface area contributed by atoms with Gasteiger partial charge in [-0.1, -0.05) is 50.6 Å². The molecule has 0 fully saturated rings. The number of aliphatic imine (C=N–C) groups is 1. The summed E-state index contributed by atoms with van der Waals surface area (Å²) in [5, 5.41) is 0. The Morgan fingerprint density at radius 1 is 0.933 bits per heavy atom. The van der Waals surface area contributed by atoms with Crippen molar-refractivity contribution in [2.24, 2.45) is 4.99 Å². The van der Waals surface area contributed by atoms with Gasteiger partial charge in [0.15, 0.2) is 0 Å². The first kappa shape index (κ1) is 13.1. The molecule has 78 valence electrons. The highest BCUT2D eigenvalue weighted by atomic mass is 14.7. The van der Waals surface area contributed by atoms with Gasteiger partial charge in [-0.15, -0.1) is 0 Å². The molecule has 15 heavy (non-hydrogen) atoms. The van der Waals surface area contributed by atoms with Crippen molar-refractivity contribution in [3.63, 3.8) is 0 Å². The summed E-state index contributed by atoms with van der Waals surface area (Å²) in [6.45, 7) is 16.6. The van der Waals surface area contributed by atoms with Crippen LogP contribution in [0.15, 0.2) is 79.0 Å². The molecule has 0 aliphatic carbocycles. The smallest absolute Gasteiger partial charge is 0.0704 e. The average Bonchev–Trinajstić information content (AvgIpc) is 2.25. The van der Waals surface area contributed by atoms with Crippen molar-refractivity contribution in [2.45, 2.75) is 6.92 Å². The van der Waals surface area contributed by atoms with Gasteiger partial charge in [0.1, 0.15) is 0 Å². The molecule has 0 aliphatic rings. The standard InChI is InChI=1S/C14H17N/c1-6-10-13(9-4)14(11-7-2)15-12(5)8-3/h6-11H,1-4H2,5H3/b13-10-,14-11+,15-12?. The van der Waals surface area contributed by atoms with E-state index in [-0.39, 0.29) is 0 Å². The predicted molar refractivity (Wildman–Crippen MR) is 70.1 cm³/mol. The second-order valence-corrected chi connectivity index (χ2v) is 2.81. The number of rotatable bonds is 6. The highest BCUT2D eigenvalue weighted by molar-refractivity contribution is 5.93. The van der Waals surface area contributed by atoms with E-state index in [2.05, 4.69) is 31.3 Å². The van der Waals surface area contributed by atoms with Crippen molar-refractivity contribution >= 4 is 5.71 Å². The van der Waals surface area contributed by atoms with Crippen molar-refractivity contribution in [1.29, 1.82) is 0 Å². The molecule has 0 rings (SSSR count). The van der Waals surface area contributed by atoms with Gasteiger partial charge in [0, 0.05) is 5.71 Å². The molecule has 0 saturated heterocycles. The van der Waals surface area contributed by atoms with Crippen molar-refractivity contribution in [2.75, 3.05) is 0 Å². The van der Waals surface area contributed by atoms with Gasteiger partial charge >= 0.3 is 0 Å². The largest absolute Gasteiger partial charge is 0.253 e. The Morgan fingerprint density at radius 2 is 1.53 bits per heavy atom. The minimum Gasteiger partial charge on any atom is -0.253 e. The third-order valence-corrected chi connectivity index (χ3v) is 1.68. The fourth-order valence-electron chi connectivity index (χ4n) is 0.930. The lowest BCUT2D eigenvalue weighted by Crippen LogP contribution is -1.89. The Morgan fingerprint density at radius 3 is 1.93 bits per heavy atom. The SMILES string of the molecule is C=C/C=C(C=C)\C(=C/C=C)N=C(C)C=C. The van der Waals surface area contributed by atoms with Crippen LogP contribution in [0.1, 0.15) is 6.92 Å². The first-order valence-electron chi connectivity index (χ1n) is 4.65. The maximum Gasteiger partial charge on any atom is 0.0704 e. The molecule has 0 radical (unpaired) electrons. The Kier molecular flexibility index (Phi) is 6.56. The molecule has 0 spiro atoms. The van der Waals surface area contributed by atoms with Crippen LogP contribution < -0.4 is 0 Å². The summed E-state index contributed by atoms with van der Waals surface area (Å²) in [6, 6.07) is 0. The Bertz CT molecular complexity index is 352. The third kappa shape index (κ3) is 4.77. The van der Waals surface area contributed by atoms with E-state index in [0.29, 0.717) is 0 Å². The molecule has 0 unspecified atom stereocenters. The lowest BCUT2D eigenvalue weighted by molar-refractivity contribution is 1.34. The first-order valence-corrected chi connectivity index (χ1v) is 4.65. The predicted octanol–water partition coefficient (Wildman–Crippen LogP) is 4.00. The van der Waals surface area contributed by atoms with Crippen LogP contribution in [-0.4, -0.2) is 5.71 Å². The topological polar surface area (TPSA) is 12.4 Å². The summed E-state index contributed by atoms with van der Waals surface area (Å²) < 4.78 is 0. The molecule has 1 heteroatoms. The molecule has 0 heterocycles. The number of hydrogen-bond acceptors (Lipinski definition) is 1. The molecule has 0 aromatic rings. The van der Waals surface area contributed by atoms with Crippen LogP contribution in [-0.2, 0) is 0 Å². The van der Waals surface area contributed by atoms with E-state index in [4.69, 9.17) is 0 Å². The highest BCUT2D eigenvalue weighted by Gasteiger charge is 1.97. The van der Waals surface area contributed by atoms with Crippen molar-refractivity contribution in [1.82, 2.24) is 0 Å². The zero-order valence-electron chi connectivity index (χ0n) is 9.24. The summed E-state index contributed by atoms with van der Waals surface area (Å²) in [4.78, 5) is 4.38. The molecule has 1 nitrogen and oxygen atoms in total. The molecule has 0 bridgehead atoms. The minimum absolute atomic E-state index is 0.803. The molecule has 0 aliphatic heterocycles. The van der Waals surface area contributed by atoms with Crippen LogP contribution in [0, 0.1) is 0 Å². The van der Waals surface area contributed by atoms with Gasteiger partial charge in [-0.25, -0.2) is 0 Å². The van der Waals surface area contributed by atoms with Crippen LogP contribution in [0.3, 0.4) is 0 Å². The summed E-state index contributed by atoms with van der Waals surface area (Å²) in [7, 11) is 0. The Hall–Kier alpha value is -1.89. The van der Waals surface area contributed by atoms with Crippen molar-refractivity contribution in [3.05, 3.63) is 74.0 Å². The molecule has 0 amide bonds. The molecular weight excluding hydrogens is 182 g/mol.